The van der Waals surface area contributed by atoms with Gasteiger partial charge in [-0.05, 0) is 82.8 Å². The molecule has 3 aliphatic rings. The summed E-state index contributed by atoms with van der Waals surface area (Å²) in [6, 6.07) is 6.52. The molecule has 184 valence electrons. The van der Waals surface area contributed by atoms with Crippen LogP contribution in [0, 0.1) is 18.8 Å². The highest BCUT2D eigenvalue weighted by molar-refractivity contribution is 6.30. The monoisotopic (exact) mass is 493 g/mol. The van der Waals surface area contributed by atoms with Gasteiger partial charge in [-0.25, -0.2) is 9.67 Å². The van der Waals surface area contributed by atoms with Gasteiger partial charge in [-0.2, -0.15) is 0 Å². The van der Waals surface area contributed by atoms with Gasteiger partial charge < -0.3 is 4.74 Å². The second-order valence-electron chi connectivity index (χ2n) is 10.3. The molecule has 0 N–H and O–H groups in total. The largest absolute Gasteiger partial charge is 0.438 e. The average molecular weight is 494 g/mol. The lowest BCUT2D eigenvalue weighted by molar-refractivity contribution is 0.137. The molecule has 1 saturated heterocycles. The number of piperidine rings is 1. The number of ether oxygens (including phenoxy) is 1. The van der Waals surface area contributed by atoms with E-state index in [-0.39, 0.29) is 0 Å². The van der Waals surface area contributed by atoms with Crippen LogP contribution in [-0.2, 0) is 13.1 Å². The molecule has 1 saturated carbocycles. The first-order chi connectivity index (χ1) is 17.0. The standard InChI is InChI=1S/C26H32ClN7O/c1-17-24(6-5-22-25(17)30-31-34(22)14-18-3-4-18)35-26-20(11-21(27)12-29-26)15-33-9-7-19(8-10-33)23-13-28-16-32(23)2/h5-6,11-13,18-19,23H,3-4,7-10,14-16H2,1-2H3. The molecule has 1 aromatic carbocycles. The van der Waals surface area contributed by atoms with Crippen molar-refractivity contribution in [2.75, 3.05) is 26.8 Å². The van der Waals surface area contributed by atoms with Gasteiger partial charge in [0.2, 0.25) is 5.88 Å². The number of aryl methyl sites for hydroxylation is 1. The molecule has 35 heavy (non-hydrogen) atoms. The smallest absolute Gasteiger partial charge is 0.223 e. The van der Waals surface area contributed by atoms with Crippen LogP contribution in [0.1, 0.15) is 36.8 Å². The second kappa shape index (κ2) is 9.48. The minimum absolute atomic E-state index is 0.476. The maximum absolute atomic E-state index is 6.37. The van der Waals surface area contributed by atoms with Crippen LogP contribution in [0.2, 0.25) is 5.02 Å². The third-order valence-corrected chi connectivity index (χ3v) is 7.91. The van der Waals surface area contributed by atoms with Crippen molar-refractivity contribution in [3.05, 3.63) is 40.5 Å². The number of hydrogen-bond donors (Lipinski definition) is 0. The molecule has 0 spiro atoms. The van der Waals surface area contributed by atoms with Gasteiger partial charge in [0, 0.05) is 42.7 Å². The summed E-state index contributed by atoms with van der Waals surface area (Å²) in [7, 11) is 2.16. The number of aliphatic imine (C=N–C) groups is 1. The molecule has 1 atom stereocenters. The predicted octanol–water partition coefficient (Wildman–Crippen LogP) is 4.54. The molecule has 0 bridgehead atoms. The Labute approximate surface area is 210 Å². The van der Waals surface area contributed by atoms with Crippen molar-refractivity contribution in [3.63, 3.8) is 0 Å². The molecular weight excluding hydrogens is 462 g/mol. The molecule has 0 amide bonds. The maximum atomic E-state index is 6.37. The molecular formula is C26H32ClN7O. The van der Waals surface area contributed by atoms with Crippen LogP contribution in [0.25, 0.3) is 11.0 Å². The second-order valence-corrected chi connectivity index (χ2v) is 10.8. The highest BCUT2D eigenvalue weighted by Crippen LogP contribution is 2.35. The van der Waals surface area contributed by atoms with E-state index in [1.807, 2.05) is 23.7 Å². The highest BCUT2D eigenvalue weighted by atomic mass is 35.5. The first kappa shape index (κ1) is 22.9. The van der Waals surface area contributed by atoms with Gasteiger partial charge in [0.1, 0.15) is 11.3 Å². The Balaban J connectivity index is 1.17. The lowest BCUT2D eigenvalue weighted by atomic mass is 9.89. The summed E-state index contributed by atoms with van der Waals surface area (Å²) in [4.78, 5) is 13.8. The van der Waals surface area contributed by atoms with Crippen LogP contribution in [0.15, 0.2) is 29.4 Å². The zero-order valence-corrected chi connectivity index (χ0v) is 21.2. The van der Waals surface area contributed by atoms with Crippen LogP contribution in [0.3, 0.4) is 0 Å². The molecule has 2 aliphatic heterocycles. The number of pyridine rings is 1. The van der Waals surface area contributed by atoms with Crippen molar-refractivity contribution in [1.82, 2.24) is 29.8 Å². The Morgan fingerprint density at radius 3 is 2.71 bits per heavy atom. The van der Waals surface area contributed by atoms with E-state index in [0.717, 1.165) is 79.5 Å². The Kier molecular flexibility index (Phi) is 6.20. The van der Waals surface area contributed by atoms with Gasteiger partial charge in [0.15, 0.2) is 0 Å². The van der Waals surface area contributed by atoms with Crippen LogP contribution in [-0.4, -0.2) is 68.8 Å². The summed E-state index contributed by atoms with van der Waals surface area (Å²) in [6.07, 6.45) is 8.69. The number of rotatable bonds is 7. The van der Waals surface area contributed by atoms with Crippen LogP contribution < -0.4 is 4.74 Å². The van der Waals surface area contributed by atoms with E-state index < -0.39 is 0 Å². The van der Waals surface area contributed by atoms with Gasteiger partial charge in [0.05, 0.1) is 17.2 Å². The molecule has 2 aromatic heterocycles. The molecule has 8 nitrogen and oxygen atoms in total. The molecule has 1 unspecified atom stereocenters. The Bertz CT molecular complexity index is 1250. The molecule has 3 aromatic rings. The number of hydrogen-bond acceptors (Lipinski definition) is 7. The molecule has 2 fully saturated rings. The fraction of sp³-hybridized carbons (Fsp3) is 0.538. The fourth-order valence-corrected chi connectivity index (χ4v) is 5.56. The topological polar surface area (TPSA) is 71.7 Å². The number of aromatic nitrogens is 4. The van der Waals surface area contributed by atoms with Gasteiger partial charge in [-0.3, -0.25) is 14.8 Å². The Morgan fingerprint density at radius 1 is 1.14 bits per heavy atom. The maximum Gasteiger partial charge on any atom is 0.223 e. The summed E-state index contributed by atoms with van der Waals surface area (Å²) in [5, 5.41) is 9.46. The van der Waals surface area contributed by atoms with Gasteiger partial charge in [-0.15, -0.1) is 5.10 Å². The quantitative estimate of drug-likeness (QED) is 0.481. The van der Waals surface area contributed by atoms with Crippen LogP contribution in [0.5, 0.6) is 11.6 Å². The first-order valence-electron chi connectivity index (χ1n) is 12.6. The van der Waals surface area contributed by atoms with Crippen molar-refractivity contribution in [2.24, 2.45) is 16.8 Å². The predicted molar refractivity (Wildman–Crippen MR) is 137 cm³/mol. The van der Waals surface area contributed by atoms with Crippen LogP contribution in [0.4, 0.5) is 0 Å². The minimum atomic E-state index is 0.476. The van der Waals surface area contributed by atoms with Crippen molar-refractivity contribution in [1.29, 1.82) is 0 Å². The third kappa shape index (κ3) is 4.79. The minimum Gasteiger partial charge on any atom is -0.438 e. The molecule has 1 aliphatic carbocycles. The van der Waals surface area contributed by atoms with Crippen molar-refractivity contribution in [2.45, 2.75) is 51.7 Å². The highest BCUT2D eigenvalue weighted by Gasteiger charge is 2.30. The van der Waals surface area contributed by atoms with E-state index in [1.165, 1.54) is 12.8 Å². The lowest BCUT2D eigenvalue weighted by Gasteiger charge is -2.36. The van der Waals surface area contributed by atoms with Crippen molar-refractivity contribution in [3.8, 4) is 11.6 Å². The van der Waals surface area contributed by atoms with E-state index in [4.69, 9.17) is 16.3 Å². The van der Waals surface area contributed by atoms with E-state index in [9.17, 15) is 0 Å². The number of fused-ring (bicyclic) bond motifs is 1. The molecule has 9 heteroatoms. The van der Waals surface area contributed by atoms with Crippen molar-refractivity contribution >= 4 is 28.8 Å². The van der Waals surface area contributed by atoms with Crippen molar-refractivity contribution < 1.29 is 4.74 Å². The van der Waals surface area contributed by atoms with E-state index in [1.54, 1.807) is 6.20 Å². The zero-order chi connectivity index (χ0) is 23.9. The number of likely N-dealkylation sites (tertiary alicyclic amines) is 1. The van der Waals surface area contributed by atoms with Gasteiger partial charge >= 0.3 is 0 Å². The Morgan fingerprint density at radius 2 is 1.97 bits per heavy atom. The number of benzene rings is 1. The van der Waals surface area contributed by atoms with Crippen LogP contribution >= 0.6 is 11.6 Å². The van der Waals surface area contributed by atoms with Gasteiger partial charge in [-0.1, -0.05) is 16.8 Å². The first-order valence-corrected chi connectivity index (χ1v) is 13.0. The summed E-state index contributed by atoms with van der Waals surface area (Å²) >= 11 is 6.34. The molecule has 0 radical (unpaired) electrons. The Hall–Kier alpha value is -2.55. The number of nitrogens with zero attached hydrogens (tertiary/aromatic N) is 7. The molecule has 6 rings (SSSR count). The summed E-state index contributed by atoms with van der Waals surface area (Å²) in [5.74, 6) is 2.77. The summed E-state index contributed by atoms with van der Waals surface area (Å²) in [6.45, 7) is 6.66. The SMILES string of the molecule is Cc1c(Oc2ncc(Cl)cc2CN2CCC(C3C=NCN3C)CC2)ccc2c1nnn2CC1CC1. The fourth-order valence-electron chi connectivity index (χ4n) is 5.38. The summed E-state index contributed by atoms with van der Waals surface area (Å²) in [5.41, 5.74) is 3.94. The van der Waals surface area contributed by atoms with E-state index in [0.29, 0.717) is 22.9 Å². The molecule has 4 heterocycles. The zero-order valence-electron chi connectivity index (χ0n) is 20.4. The normalized spacial score (nSPS) is 21.9. The summed E-state index contributed by atoms with van der Waals surface area (Å²) < 4.78 is 8.39. The average Bonchev–Trinajstić information content (AvgIpc) is 3.42. The van der Waals surface area contributed by atoms with Gasteiger partial charge in [0.25, 0.3) is 0 Å². The number of halogens is 1. The third-order valence-electron chi connectivity index (χ3n) is 7.70. The van der Waals surface area contributed by atoms with E-state index in [2.05, 4.69) is 49.4 Å². The van der Waals surface area contributed by atoms with E-state index >= 15 is 0 Å². The lowest BCUT2D eigenvalue weighted by Crippen LogP contribution is -2.42.